The normalized spacial score (nSPS) is 18.6. The Bertz CT molecular complexity index is 744. The van der Waals surface area contributed by atoms with Gasteiger partial charge >= 0.3 is 0 Å². The molecule has 0 bridgehead atoms. The van der Waals surface area contributed by atoms with Crippen LogP contribution in [0, 0.1) is 0 Å². The van der Waals surface area contributed by atoms with Crippen LogP contribution in [0.5, 0.6) is 17.2 Å². The lowest BCUT2D eigenvalue weighted by molar-refractivity contribution is 0.0947. The number of amides is 1. The van der Waals surface area contributed by atoms with E-state index >= 15 is 0 Å². The second kappa shape index (κ2) is 6.83. The molecule has 0 radical (unpaired) electrons. The molecule has 1 fully saturated rings. The summed E-state index contributed by atoms with van der Waals surface area (Å²) in [5, 5.41) is 3.07. The van der Waals surface area contributed by atoms with Crippen LogP contribution in [-0.4, -0.2) is 33.3 Å². The summed E-state index contributed by atoms with van der Waals surface area (Å²) in [4.78, 5) is 12.6. The van der Waals surface area contributed by atoms with Gasteiger partial charge in [-0.05, 0) is 36.2 Å². The predicted octanol–water partition coefficient (Wildman–Crippen LogP) is 3.00. The van der Waals surface area contributed by atoms with Gasteiger partial charge < -0.3 is 19.5 Å². The summed E-state index contributed by atoms with van der Waals surface area (Å²) in [5.41, 5.74) is 1.60. The first-order valence-electron chi connectivity index (χ1n) is 7.83. The summed E-state index contributed by atoms with van der Waals surface area (Å²) >= 11 is 0. The number of carbonyl (C=O) groups excluding carboxylic acids is 1. The lowest BCUT2D eigenvalue weighted by atomic mass is 10.1. The summed E-state index contributed by atoms with van der Waals surface area (Å²) in [5.74, 6) is 2.13. The maximum Gasteiger partial charge on any atom is 0.255 e. The van der Waals surface area contributed by atoms with Gasteiger partial charge in [-0.25, -0.2) is 0 Å². The van der Waals surface area contributed by atoms with Crippen LogP contribution in [0.1, 0.15) is 28.3 Å². The molecule has 5 heteroatoms. The number of hydrogen-bond donors (Lipinski definition) is 1. The summed E-state index contributed by atoms with van der Waals surface area (Å²) in [6, 6.07) is 13.2. The van der Waals surface area contributed by atoms with Gasteiger partial charge in [0.15, 0.2) is 0 Å². The average Bonchev–Trinajstić information content (AvgIpc) is 3.39. The van der Waals surface area contributed by atoms with Crippen molar-refractivity contribution in [2.24, 2.45) is 0 Å². The van der Waals surface area contributed by atoms with Gasteiger partial charge in [-0.2, -0.15) is 0 Å². The predicted molar refractivity (Wildman–Crippen MR) is 91.2 cm³/mol. The zero-order chi connectivity index (χ0) is 17.1. The number of nitrogens with one attached hydrogen (secondary N) is 1. The highest BCUT2D eigenvalue weighted by Crippen LogP contribution is 2.44. The maximum atomic E-state index is 12.6. The first-order valence-corrected chi connectivity index (χ1v) is 7.83. The fourth-order valence-corrected chi connectivity index (χ4v) is 2.91. The molecular formula is C19H21NO4. The van der Waals surface area contributed by atoms with Crippen LogP contribution in [0.4, 0.5) is 0 Å². The lowest BCUT2D eigenvalue weighted by Gasteiger charge is -2.11. The second-order valence-electron chi connectivity index (χ2n) is 5.73. The first kappa shape index (κ1) is 16.2. The third-order valence-electron chi connectivity index (χ3n) is 4.30. The van der Waals surface area contributed by atoms with Gasteiger partial charge in [-0.15, -0.1) is 0 Å². The summed E-state index contributed by atoms with van der Waals surface area (Å²) in [6.07, 6.45) is 0.901. The molecule has 1 saturated carbocycles. The summed E-state index contributed by atoms with van der Waals surface area (Å²) in [7, 11) is 4.78. The van der Waals surface area contributed by atoms with Crippen molar-refractivity contribution in [2.45, 2.75) is 18.4 Å². The van der Waals surface area contributed by atoms with E-state index in [9.17, 15) is 4.79 Å². The largest absolute Gasteiger partial charge is 0.497 e. The van der Waals surface area contributed by atoms with Crippen molar-refractivity contribution in [3.8, 4) is 17.2 Å². The van der Waals surface area contributed by atoms with Crippen molar-refractivity contribution >= 4 is 5.91 Å². The molecule has 126 valence electrons. The van der Waals surface area contributed by atoms with Gasteiger partial charge in [0.1, 0.15) is 17.2 Å². The van der Waals surface area contributed by atoms with E-state index in [1.54, 1.807) is 39.5 Å². The van der Waals surface area contributed by atoms with Crippen LogP contribution < -0.4 is 19.5 Å². The van der Waals surface area contributed by atoms with E-state index in [0.717, 1.165) is 17.7 Å². The molecule has 2 aromatic carbocycles. The fraction of sp³-hybridized carbons (Fsp3) is 0.316. The van der Waals surface area contributed by atoms with Gasteiger partial charge in [0.2, 0.25) is 0 Å². The van der Waals surface area contributed by atoms with Gasteiger partial charge in [0, 0.05) is 12.0 Å². The van der Waals surface area contributed by atoms with Crippen molar-refractivity contribution in [3.05, 3.63) is 53.6 Å². The molecule has 1 aliphatic rings. The Kier molecular flexibility index (Phi) is 4.60. The van der Waals surface area contributed by atoms with E-state index in [-0.39, 0.29) is 17.9 Å². The molecule has 0 saturated heterocycles. The van der Waals surface area contributed by atoms with Crippen molar-refractivity contribution in [1.29, 1.82) is 0 Å². The first-order chi connectivity index (χ1) is 11.7. The van der Waals surface area contributed by atoms with Crippen LogP contribution in [0.2, 0.25) is 0 Å². The molecule has 24 heavy (non-hydrogen) atoms. The molecule has 0 aromatic heterocycles. The van der Waals surface area contributed by atoms with Crippen LogP contribution in [0.3, 0.4) is 0 Å². The molecule has 0 spiro atoms. The quantitative estimate of drug-likeness (QED) is 0.886. The van der Waals surface area contributed by atoms with E-state index in [4.69, 9.17) is 14.2 Å². The topological polar surface area (TPSA) is 56.8 Å². The molecular weight excluding hydrogens is 306 g/mol. The third-order valence-corrected chi connectivity index (χ3v) is 4.30. The molecule has 0 heterocycles. The Morgan fingerprint density at radius 3 is 2.46 bits per heavy atom. The fourth-order valence-electron chi connectivity index (χ4n) is 2.91. The standard InChI is InChI=1S/C19H21NO4/c1-22-12-8-9-18(24-3)15(10-12)19(21)20-16-11-14(16)13-6-4-5-7-17(13)23-2/h4-10,14,16H,11H2,1-3H3,(H,20,21)/t14-,16+/m1/s1. The van der Waals surface area contributed by atoms with E-state index < -0.39 is 0 Å². The molecule has 5 nitrogen and oxygen atoms in total. The van der Waals surface area contributed by atoms with Crippen LogP contribution in [-0.2, 0) is 0 Å². The SMILES string of the molecule is COc1ccc(OC)c(C(=O)N[C@H]2C[C@@H]2c2ccccc2OC)c1. The monoisotopic (exact) mass is 327 g/mol. The number of benzene rings is 2. The van der Waals surface area contributed by atoms with Gasteiger partial charge in [-0.3, -0.25) is 4.79 Å². The summed E-state index contributed by atoms with van der Waals surface area (Å²) in [6.45, 7) is 0. The minimum atomic E-state index is -0.159. The highest BCUT2D eigenvalue weighted by Gasteiger charge is 2.41. The Morgan fingerprint density at radius 1 is 1.00 bits per heavy atom. The third kappa shape index (κ3) is 3.15. The summed E-state index contributed by atoms with van der Waals surface area (Å²) < 4.78 is 15.9. The molecule has 3 rings (SSSR count). The van der Waals surface area contributed by atoms with Gasteiger partial charge in [0.05, 0.1) is 26.9 Å². The van der Waals surface area contributed by atoms with Crippen molar-refractivity contribution in [2.75, 3.05) is 21.3 Å². The minimum absolute atomic E-state index is 0.102. The number of carbonyl (C=O) groups is 1. The van der Waals surface area contributed by atoms with Crippen LogP contribution in [0.15, 0.2) is 42.5 Å². The number of rotatable bonds is 6. The number of ether oxygens (including phenoxy) is 3. The Hall–Kier alpha value is -2.69. The Labute approximate surface area is 141 Å². The molecule has 1 N–H and O–H groups in total. The highest BCUT2D eigenvalue weighted by molar-refractivity contribution is 5.97. The van der Waals surface area contributed by atoms with Crippen molar-refractivity contribution in [1.82, 2.24) is 5.32 Å². The van der Waals surface area contributed by atoms with Crippen LogP contribution >= 0.6 is 0 Å². The van der Waals surface area contributed by atoms with E-state index in [0.29, 0.717) is 17.1 Å². The Morgan fingerprint density at radius 2 is 1.75 bits per heavy atom. The molecule has 2 atom stereocenters. The Balaban J connectivity index is 1.73. The molecule has 1 aliphatic carbocycles. The second-order valence-corrected chi connectivity index (χ2v) is 5.73. The van der Waals surface area contributed by atoms with E-state index in [2.05, 4.69) is 5.32 Å². The van der Waals surface area contributed by atoms with Gasteiger partial charge in [-0.1, -0.05) is 18.2 Å². The smallest absolute Gasteiger partial charge is 0.255 e. The number of hydrogen-bond acceptors (Lipinski definition) is 4. The number of methoxy groups -OCH3 is 3. The molecule has 1 amide bonds. The average molecular weight is 327 g/mol. The zero-order valence-electron chi connectivity index (χ0n) is 14.0. The van der Waals surface area contributed by atoms with Gasteiger partial charge in [0.25, 0.3) is 5.91 Å². The minimum Gasteiger partial charge on any atom is -0.497 e. The molecule has 0 aliphatic heterocycles. The van der Waals surface area contributed by atoms with E-state index in [1.807, 2.05) is 24.3 Å². The lowest BCUT2D eigenvalue weighted by Crippen LogP contribution is -2.27. The number of para-hydroxylation sites is 1. The zero-order valence-corrected chi connectivity index (χ0v) is 14.0. The van der Waals surface area contributed by atoms with Crippen molar-refractivity contribution in [3.63, 3.8) is 0 Å². The molecule has 2 aromatic rings. The van der Waals surface area contributed by atoms with Crippen LogP contribution in [0.25, 0.3) is 0 Å². The van der Waals surface area contributed by atoms with Crippen molar-refractivity contribution < 1.29 is 19.0 Å². The molecule has 0 unspecified atom stereocenters. The van der Waals surface area contributed by atoms with E-state index in [1.165, 1.54) is 0 Å². The highest BCUT2D eigenvalue weighted by atomic mass is 16.5. The maximum absolute atomic E-state index is 12.6.